The van der Waals surface area contributed by atoms with Crippen LogP contribution in [0.25, 0.3) is 0 Å². The Kier molecular flexibility index (Phi) is 4.89. The van der Waals surface area contributed by atoms with Gasteiger partial charge in [-0.3, -0.25) is 4.68 Å². The Morgan fingerprint density at radius 1 is 1.40 bits per heavy atom. The summed E-state index contributed by atoms with van der Waals surface area (Å²) in [7, 11) is 0. The quantitative estimate of drug-likeness (QED) is 0.904. The predicted octanol–water partition coefficient (Wildman–Crippen LogP) is 3.85. The van der Waals surface area contributed by atoms with E-state index in [9.17, 15) is 0 Å². The van der Waals surface area contributed by atoms with E-state index in [1.807, 2.05) is 36.7 Å². The van der Waals surface area contributed by atoms with Gasteiger partial charge in [-0.15, -0.1) is 0 Å². The molecular formula is C15H19BrClN3. The number of hydrogen-bond acceptors (Lipinski definition) is 2. The minimum Gasteiger partial charge on any atom is -0.328 e. The monoisotopic (exact) mass is 355 g/mol. The van der Waals surface area contributed by atoms with E-state index in [1.165, 1.54) is 11.3 Å². The van der Waals surface area contributed by atoms with Crippen LogP contribution in [0.15, 0.2) is 22.7 Å². The van der Waals surface area contributed by atoms with E-state index in [1.54, 1.807) is 0 Å². The molecule has 0 saturated heterocycles. The smallest absolute Gasteiger partial charge is 0.0677 e. The largest absolute Gasteiger partial charge is 0.328 e. The van der Waals surface area contributed by atoms with Crippen LogP contribution in [0.5, 0.6) is 0 Å². The molecule has 1 unspecified atom stereocenters. The highest BCUT2D eigenvalue weighted by molar-refractivity contribution is 9.10. The van der Waals surface area contributed by atoms with Gasteiger partial charge < -0.3 is 5.73 Å². The van der Waals surface area contributed by atoms with Crippen LogP contribution in [0.1, 0.15) is 29.4 Å². The molecule has 0 amide bonds. The van der Waals surface area contributed by atoms with Crippen molar-refractivity contribution >= 4 is 27.5 Å². The minimum atomic E-state index is 0.140. The topological polar surface area (TPSA) is 43.8 Å². The maximum absolute atomic E-state index is 6.27. The third-order valence-corrected chi connectivity index (χ3v) is 4.24. The Hall–Kier alpha value is -0.840. The maximum atomic E-state index is 6.27. The summed E-state index contributed by atoms with van der Waals surface area (Å²) < 4.78 is 2.99. The molecule has 0 fully saturated rings. The van der Waals surface area contributed by atoms with Gasteiger partial charge in [0.05, 0.1) is 12.2 Å². The van der Waals surface area contributed by atoms with Crippen LogP contribution in [0.3, 0.4) is 0 Å². The van der Waals surface area contributed by atoms with Crippen molar-refractivity contribution in [1.29, 1.82) is 0 Å². The molecule has 3 nitrogen and oxygen atoms in total. The van der Waals surface area contributed by atoms with Gasteiger partial charge in [-0.1, -0.05) is 33.6 Å². The first-order valence-electron chi connectivity index (χ1n) is 6.61. The number of halogens is 2. The average molecular weight is 357 g/mol. The molecule has 20 heavy (non-hydrogen) atoms. The molecule has 1 heterocycles. The van der Waals surface area contributed by atoms with Crippen molar-refractivity contribution in [2.75, 3.05) is 0 Å². The number of rotatable bonds is 4. The van der Waals surface area contributed by atoms with Gasteiger partial charge in [-0.05, 0) is 50.5 Å². The van der Waals surface area contributed by atoms with Crippen LogP contribution < -0.4 is 5.73 Å². The molecule has 2 rings (SSSR count). The lowest BCUT2D eigenvalue weighted by Gasteiger charge is -2.09. The van der Waals surface area contributed by atoms with E-state index >= 15 is 0 Å². The molecule has 0 aliphatic heterocycles. The van der Waals surface area contributed by atoms with Gasteiger partial charge in [-0.2, -0.15) is 5.10 Å². The summed E-state index contributed by atoms with van der Waals surface area (Å²) >= 11 is 9.69. The molecule has 0 saturated carbocycles. The van der Waals surface area contributed by atoms with Gasteiger partial charge in [0.2, 0.25) is 0 Å². The molecule has 1 aromatic carbocycles. The second-order valence-corrected chi connectivity index (χ2v) is 6.55. The van der Waals surface area contributed by atoms with Gasteiger partial charge in [0.15, 0.2) is 0 Å². The number of aromatic nitrogens is 2. The highest BCUT2D eigenvalue weighted by Crippen LogP contribution is 2.23. The van der Waals surface area contributed by atoms with Gasteiger partial charge in [0, 0.05) is 21.2 Å². The van der Waals surface area contributed by atoms with Gasteiger partial charge in [0.1, 0.15) is 0 Å². The van der Waals surface area contributed by atoms with Crippen molar-refractivity contribution in [3.05, 3.63) is 50.2 Å². The van der Waals surface area contributed by atoms with Crippen LogP contribution in [0, 0.1) is 13.8 Å². The Morgan fingerprint density at radius 2 is 2.10 bits per heavy atom. The molecule has 108 valence electrons. The first kappa shape index (κ1) is 15.5. The highest BCUT2D eigenvalue weighted by Gasteiger charge is 2.14. The van der Waals surface area contributed by atoms with Crippen LogP contribution in [0.4, 0.5) is 0 Å². The van der Waals surface area contributed by atoms with Crippen molar-refractivity contribution < 1.29 is 0 Å². The summed E-state index contributed by atoms with van der Waals surface area (Å²) in [5, 5.41) is 5.36. The number of nitrogens with zero attached hydrogens (tertiary/aromatic N) is 2. The number of nitrogens with two attached hydrogens (primary N) is 1. The van der Waals surface area contributed by atoms with E-state index in [0.717, 1.165) is 27.2 Å². The van der Waals surface area contributed by atoms with E-state index in [2.05, 4.69) is 28.0 Å². The summed E-state index contributed by atoms with van der Waals surface area (Å²) in [6.45, 7) is 6.81. The molecule has 0 bridgehead atoms. The maximum Gasteiger partial charge on any atom is 0.0677 e. The van der Waals surface area contributed by atoms with Crippen molar-refractivity contribution in [1.82, 2.24) is 9.78 Å². The molecule has 2 N–H and O–H groups in total. The normalized spacial score (nSPS) is 12.7. The Bertz CT molecular complexity index is 620. The van der Waals surface area contributed by atoms with E-state index in [-0.39, 0.29) is 6.04 Å². The molecule has 1 atom stereocenters. The molecular weight excluding hydrogens is 338 g/mol. The first-order valence-corrected chi connectivity index (χ1v) is 7.78. The van der Waals surface area contributed by atoms with Crippen LogP contribution in [-0.4, -0.2) is 15.8 Å². The fraction of sp³-hybridized carbons (Fsp3) is 0.400. The fourth-order valence-electron chi connectivity index (χ4n) is 2.32. The van der Waals surface area contributed by atoms with Gasteiger partial charge in [-0.25, -0.2) is 0 Å². The second kappa shape index (κ2) is 6.29. The molecule has 2 aromatic rings. The van der Waals surface area contributed by atoms with Crippen molar-refractivity contribution in [3.8, 4) is 0 Å². The number of hydrogen-bond donors (Lipinski definition) is 1. The Morgan fingerprint density at radius 3 is 2.70 bits per heavy atom. The summed E-state index contributed by atoms with van der Waals surface area (Å²) in [4.78, 5) is 0. The molecule has 0 aliphatic rings. The number of benzene rings is 1. The molecule has 0 radical (unpaired) electrons. The van der Waals surface area contributed by atoms with Gasteiger partial charge >= 0.3 is 0 Å². The first-order chi connectivity index (χ1) is 9.38. The lowest BCUT2D eigenvalue weighted by atomic mass is 10.1. The second-order valence-electron chi connectivity index (χ2n) is 5.22. The van der Waals surface area contributed by atoms with E-state index in [0.29, 0.717) is 6.54 Å². The highest BCUT2D eigenvalue weighted by atomic mass is 79.9. The minimum absolute atomic E-state index is 0.140. The summed E-state index contributed by atoms with van der Waals surface area (Å²) in [6, 6.07) is 6.07. The third kappa shape index (κ3) is 3.43. The summed E-state index contributed by atoms with van der Waals surface area (Å²) in [6.07, 6.45) is 0.853. The van der Waals surface area contributed by atoms with Crippen LogP contribution in [0.2, 0.25) is 5.02 Å². The fourth-order valence-corrected chi connectivity index (χ4v) is 3.05. The predicted molar refractivity (Wildman–Crippen MR) is 87.3 cm³/mol. The van der Waals surface area contributed by atoms with Crippen molar-refractivity contribution in [3.63, 3.8) is 0 Å². The third-order valence-electron chi connectivity index (χ3n) is 3.39. The molecule has 0 spiro atoms. The lowest BCUT2D eigenvalue weighted by Crippen LogP contribution is -2.18. The van der Waals surface area contributed by atoms with Gasteiger partial charge in [0.25, 0.3) is 0 Å². The van der Waals surface area contributed by atoms with E-state index in [4.69, 9.17) is 17.3 Å². The molecule has 5 heteroatoms. The van der Waals surface area contributed by atoms with Crippen LogP contribution in [-0.2, 0) is 13.0 Å². The average Bonchev–Trinajstić information content (AvgIpc) is 2.60. The Balaban J connectivity index is 2.30. The standard InChI is InChI=1S/C15H19BrClN3/c1-9(18)6-14-10(2)19-20(11(14)3)8-12-4-5-13(16)7-15(12)17/h4-5,7,9H,6,8,18H2,1-3H3. The lowest BCUT2D eigenvalue weighted by molar-refractivity contribution is 0.656. The SMILES string of the molecule is Cc1nn(Cc2ccc(Br)cc2Cl)c(C)c1CC(C)N. The summed E-state index contributed by atoms with van der Waals surface area (Å²) in [5.41, 5.74) is 10.4. The molecule has 0 aliphatic carbocycles. The zero-order valence-electron chi connectivity index (χ0n) is 12.0. The van der Waals surface area contributed by atoms with E-state index < -0.39 is 0 Å². The zero-order chi connectivity index (χ0) is 14.9. The molecule has 1 aromatic heterocycles. The van der Waals surface area contributed by atoms with Crippen molar-refractivity contribution in [2.24, 2.45) is 5.73 Å². The summed E-state index contributed by atoms with van der Waals surface area (Å²) in [5.74, 6) is 0. The zero-order valence-corrected chi connectivity index (χ0v) is 14.3. The number of aryl methyl sites for hydroxylation is 1. The van der Waals surface area contributed by atoms with Crippen LogP contribution >= 0.6 is 27.5 Å². The van der Waals surface area contributed by atoms with Crippen molar-refractivity contribution in [2.45, 2.75) is 39.8 Å². The Labute approximate surface area is 133 Å².